The maximum atomic E-state index is 12.6. The van der Waals surface area contributed by atoms with E-state index >= 15 is 0 Å². The number of nitrogens with one attached hydrogen (secondary N) is 2. The summed E-state index contributed by atoms with van der Waals surface area (Å²) in [7, 11) is 7.36. The van der Waals surface area contributed by atoms with E-state index in [1.807, 2.05) is 0 Å². The van der Waals surface area contributed by atoms with Crippen molar-refractivity contribution in [2.75, 3.05) is 34.8 Å². The molecule has 27 heavy (non-hydrogen) atoms. The van der Waals surface area contributed by atoms with Gasteiger partial charge in [0.15, 0.2) is 5.96 Å². The van der Waals surface area contributed by atoms with Gasteiger partial charge in [-0.05, 0) is 51.1 Å². The average Bonchev–Trinajstić information content (AvgIpc) is 3.43. The summed E-state index contributed by atoms with van der Waals surface area (Å²) in [6, 6.07) is 5.19. The van der Waals surface area contributed by atoms with Gasteiger partial charge in [0.1, 0.15) is 11.5 Å². The number of guanidine groups is 1. The van der Waals surface area contributed by atoms with E-state index in [1.54, 1.807) is 19.2 Å². The Morgan fingerprint density at radius 1 is 1.30 bits per heavy atom. The van der Waals surface area contributed by atoms with Crippen LogP contribution in [0.15, 0.2) is 23.2 Å². The molecule has 0 saturated heterocycles. The lowest BCUT2D eigenvalue weighted by Gasteiger charge is -2.25. The van der Waals surface area contributed by atoms with Gasteiger partial charge in [0, 0.05) is 31.7 Å². The highest BCUT2D eigenvalue weighted by molar-refractivity contribution is 14.0. The zero-order valence-electron chi connectivity index (χ0n) is 16.2. The number of hydrogen-bond donors (Lipinski definition) is 2. The molecule has 1 aliphatic carbocycles. The lowest BCUT2D eigenvalue weighted by atomic mass is 10.1. The van der Waals surface area contributed by atoms with Crippen LogP contribution >= 0.6 is 24.0 Å². The average molecular weight is 498 g/mol. The molecule has 154 valence electrons. The number of methoxy groups -OCH3 is 1. The first-order valence-electron chi connectivity index (χ1n) is 8.67. The van der Waals surface area contributed by atoms with E-state index < -0.39 is 6.61 Å². The fourth-order valence-corrected chi connectivity index (χ4v) is 2.88. The van der Waals surface area contributed by atoms with Crippen molar-refractivity contribution in [1.29, 1.82) is 0 Å². The molecule has 0 bridgehead atoms. The molecule has 2 rings (SSSR count). The van der Waals surface area contributed by atoms with Crippen molar-refractivity contribution in [1.82, 2.24) is 15.5 Å². The largest absolute Gasteiger partial charge is 0.497 e. The van der Waals surface area contributed by atoms with Crippen LogP contribution in [0.1, 0.15) is 18.4 Å². The molecular weight excluding hydrogens is 469 g/mol. The monoisotopic (exact) mass is 498 g/mol. The van der Waals surface area contributed by atoms with E-state index in [0.29, 0.717) is 23.3 Å². The Balaban J connectivity index is 0.00000364. The normalized spacial score (nSPS) is 15.3. The van der Waals surface area contributed by atoms with Crippen LogP contribution in [0.25, 0.3) is 0 Å². The Bertz CT molecular complexity index is 611. The molecule has 0 spiro atoms. The first-order chi connectivity index (χ1) is 12.4. The second kappa shape index (κ2) is 11.5. The summed E-state index contributed by atoms with van der Waals surface area (Å²) in [5.74, 6) is 2.03. The van der Waals surface area contributed by atoms with Crippen LogP contribution in [-0.2, 0) is 6.54 Å². The number of likely N-dealkylation sites (N-methyl/N-ethyl adjacent to an activating group) is 1. The van der Waals surface area contributed by atoms with Crippen LogP contribution in [0.2, 0.25) is 0 Å². The fourth-order valence-electron chi connectivity index (χ4n) is 2.88. The van der Waals surface area contributed by atoms with Crippen LogP contribution in [-0.4, -0.2) is 58.3 Å². The molecule has 1 unspecified atom stereocenters. The minimum absolute atomic E-state index is 0. The van der Waals surface area contributed by atoms with Crippen molar-refractivity contribution < 1.29 is 18.3 Å². The fraction of sp³-hybridized carbons (Fsp3) is 0.611. The Labute approximate surface area is 176 Å². The number of hydrogen-bond acceptors (Lipinski definition) is 4. The molecule has 6 nitrogen and oxygen atoms in total. The predicted octanol–water partition coefficient (Wildman–Crippen LogP) is 2.92. The van der Waals surface area contributed by atoms with Crippen molar-refractivity contribution in [3.8, 4) is 11.5 Å². The highest BCUT2D eigenvalue weighted by Crippen LogP contribution is 2.34. The minimum atomic E-state index is -2.88. The van der Waals surface area contributed by atoms with Crippen molar-refractivity contribution >= 4 is 29.9 Å². The molecular formula is C18H29F2IN4O2. The van der Waals surface area contributed by atoms with Crippen LogP contribution in [0.4, 0.5) is 8.78 Å². The molecule has 2 N–H and O–H groups in total. The lowest BCUT2D eigenvalue weighted by Crippen LogP contribution is -2.45. The third kappa shape index (κ3) is 7.65. The predicted molar refractivity (Wildman–Crippen MR) is 113 cm³/mol. The number of benzene rings is 1. The Morgan fingerprint density at radius 2 is 2.00 bits per heavy atom. The molecule has 9 heteroatoms. The van der Waals surface area contributed by atoms with Crippen molar-refractivity contribution in [2.24, 2.45) is 10.9 Å². The molecule has 1 atom stereocenters. The third-order valence-electron chi connectivity index (χ3n) is 4.46. The maximum Gasteiger partial charge on any atom is 0.387 e. The summed E-state index contributed by atoms with van der Waals surface area (Å²) in [6.07, 6.45) is 2.52. The first kappa shape index (κ1) is 23.7. The molecule has 0 radical (unpaired) electrons. The molecule has 1 aliphatic rings. The summed E-state index contributed by atoms with van der Waals surface area (Å²) in [5.41, 5.74) is 0.568. The van der Waals surface area contributed by atoms with Gasteiger partial charge in [-0.2, -0.15) is 8.78 Å². The van der Waals surface area contributed by atoms with Gasteiger partial charge in [0.25, 0.3) is 0 Å². The second-order valence-corrected chi connectivity index (χ2v) is 6.53. The van der Waals surface area contributed by atoms with Gasteiger partial charge >= 0.3 is 6.61 Å². The second-order valence-electron chi connectivity index (χ2n) is 6.53. The molecule has 0 aromatic heterocycles. The van der Waals surface area contributed by atoms with Crippen LogP contribution in [0.5, 0.6) is 11.5 Å². The number of rotatable bonds is 9. The van der Waals surface area contributed by atoms with Crippen molar-refractivity contribution in [3.05, 3.63) is 23.8 Å². The van der Waals surface area contributed by atoms with Crippen LogP contribution in [0, 0.1) is 5.92 Å². The smallest absolute Gasteiger partial charge is 0.387 e. The Hall–Kier alpha value is -1.36. The summed E-state index contributed by atoms with van der Waals surface area (Å²) in [6.45, 7) is -1.82. The highest BCUT2D eigenvalue weighted by Gasteiger charge is 2.32. The van der Waals surface area contributed by atoms with Gasteiger partial charge in [-0.25, -0.2) is 0 Å². The van der Waals surface area contributed by atoms with E-state index in [4.69, 9.17) is 4.74 Å². The number of alkyl halides is 2. The van der Waals surface area contributed by atoms with E-state index in [9.17, 15) is 8.78 Å². The van der Waals surface area contributed by atoms with E-state index in [-0.39, 0.29) is 36.3 Å². The summed E-state index contributed by atoms with van der Waals surface area (Å²) >= 11 is 0. The van der Waals surface area contributed by atoms with Gasteiger partial charge in [0.05, 0.1) is 7.11 Å². The molecule has 0 heterocycles. The molecule has 1 saturated carbocycles. The van der Waals surface area contributed by atoms with Crippen LogP contribution < -0.4 is 20.1 Å². The van der Waals surface area contributed by atoms with Gasteiger partial charge in [-0.15, -0.1) is 24.0 Å². The van der Waals surface area contributed by atoms with Gasteiger partial charge in [-0.1, -0.05) is 0 Å². The van der Waals surface area contributed by atoms with Crippen molar-refractivity contribution in [3.63, 3.8) is 0 Å². The van der Waals surface area contributed by atoms with Gasteiger partial charge < -0.3 is 25.0 Å². The Kier molecular flexibility index (Phi) is 10.1. The van der Waals surface area contributed by atoms with Crippen LogP contribution in [0.3, 0.4) is 0 Å². The molecule has 0 amide bonds. The molecule has 1 aromatic carbocycles. The van der Waals surface area contributed by atoms with Gasteiger partial charge in [-0.3, -0.25) is 4.99 Å². The first-order valence-corrected chi connectivity index (χ1v) is 8.67. The zero-order valence-corrected chi connectivity index (χ0v) is 18.5. The zero-order chi connectivity index (χ0) is 19.1. The van der Waals surface area contributed by atoms with Gasteiger partial charge in [0.2, 0.25) is 0 Å². The quantitative estimate of drug-likeness (QED) is 0.312. The summed E-state index contributed by atoms with van der Waals surface area (Å²) in [4.78, 5) is 6.42. The SMILES string of the molecule is CN=C(NCc1cc(OC)ccc1OC(F)F)NCC(C1CC1)N(C)C.I. The third-order valence-corrected chi connectivity index (χ3v) is 4.46. The van der Waals surface area contributed by atoms with E-state index in [0.717, 1.165) is 12.5 Å². The number of aliphatic imine (C=N–C) groups is 1. The van der Waals surface area contributed by atoms with E-state index in [1.165, 1.54) is 26.0 Å². The summed E-state index contributed by atoms with van der Waals surface area (Å²) < 4.78 is 34.9. The number of ether oxygens (including phenoxy) is 2. The lowest BCUT2D eigenvalue weighted by molar-refractivity contribution is -0.0504. The van der Waals surface area contributed by atoms with E-state index in [2.05, 4.69) is 39.4 Å². The maximum absolute atomic E-state index is 12.6. The number of nitrogens with zero attached hydrogens (tertiary/aromatic N) is 2. The highest BCUT2D eigenvalue weighted by atomic mass is 127. The molecule has 0 aliphatic heterocycles. The summed E-state index contributed by atoms with van der Waals surface area (Å²) in [5, 5.41) is 6.45. The minimum Gasteiger partial charge on any atom is -0.497 e. The standard InChI is InChI=1S/C18H28F2N4O2.HI/c1-21-18(23-11-15(24(2)3)12-5-6-12)22-10-13-9-14(25-4)7-8-16(13)26-17(19)20;/h7-9,12,15,17H,5-6,10-11H2,1-4H3,(H2,21,22,23);1H. The molecule has 1 fully saturated rings. The Morgan fingerprint density at radius 3 is 2.52 bits per heavy atom. The molecule has 1 aromatic rings. The topological polar surface area (TPSA) is 58.1 Å². The van der Waals surface area contributed by atoms with Crippen molar-refractivity contribution in [2.45, 2.75) is 32.0 Å². The number of halogens is 3.